The van der Waals surface area contributed by atoms with Crippen LogP contribution in [0.3, 0.4) is 0 Å². The highest BCUT2D eigenvalue weighted by atomic mass is 16.5. The summed E-state index contributed by atoms with van der Waals surface area (Å²) >= 11 is 0. The average molecular weight is 341 g/mol. The van der Waals surface area contributed by atoms with Gasteiger partial charge < -0.3 is 19.6 Å². The van der Waals surface area contributed by atoms with Crippen molar-refractivity contribution >= 4 is 5.91 Å². The highest BCUT2D eigenvalue weighted by Gasteiger charge is 2.18. The van der Waals surface area contributed by atoms with Gasteiger partial charge in [-0.2, -0.15) is 9.78 Å². The molecule has 2 aromatic heterocycles. The van der Waals surface area contributed by atoms with Crippen LogP contribution in [0.1, 0.15) is 16.2 Å². The van der Waals surface area contributed by atoms with Crippen LogP contribution in [-0.4, -0.2) is 27.9 Å². The van der Waals surface area contributed by atoms with Crippen molar-refractivity contribution in [3.8, 4) is 17.2 Å². The average Bonchev–Trinajstić information content (AvgIpc) is 3.13. The van der Waals surface area contributed by atoms with Gasteiger partial charge in [-0.05, 0) is 24.3 Å². The van der Waals surface area contributed by atoms with Crippen LogP contribution in [0.4, 0.5) is 0 Å². The van der Waals surface area contributed by atoms with Gasteiger partial charge in [-0.1, -0.05) is 12.1 Å². The minimum Gasteiger partial charge on any atom is -0.505 e. The summed E-state index contributed by atoms with van der Waals surface area (Å²) in [5.41, 5.74) is -0.517. The van der Waals surface area contributed by atoms with E-state index in [0.717, 1.165) is 10.7 Å². The Morgan fingerprint density at radius 3 is 2.84 bits per heavy atom. The van der Waals surface area contributed by atoms with Gasteiger partial charge in [-0.3, -0.25) is 9.59 Å². The van der Waals surface area contributed by atoms with Gasteiger partial charge in [0.2, 0.25) is 0 Å². The van der Waals surface area contributed by atoms with Crippen LogP contribution in [0.5, 0.6) is 11.5 Å². The van der Waals surface area contributed by atoms with Crippen LogP contribution in [-0.2, 0) is 6.54 Å². The third-order valence-electron chi connectivity index (χ3n) is 3.44. The number of hydrogen-bond acceptors (Lipinski definition) is 6. The van der Waals surface area contributed by atoms with Crippen LogP contribution in [0.2, 0.25) is 0 Å². The molecule has 0 bridgehead atoms. The number of aromatic nitrogens is 2. The van der Waals surface area contributed by atoms with Crippen LogP contribution < -0.4 is 15.6 Å². The molecule has 0 unspecified atom stereocenters. The molecule has 8 heteroatoms. The predicted octanol–water partition coefficient (Wildman–Crippen LogP) is 1.47. The topological polar surface area (TPSA) is 107 Å². The van der Waals surface area contributed by atoms with Crippen molar-refractivity contribution in [3.05, 3.63) is 70.5 Å². The maximum atomic E-state index is 12.3. The van der Waals surface area contributed by atoms with E-state index in [1.807, 2.05) is 0 Å². The fourth-order valence-corrected chi connectivity index (χ4v) is 2.25. The molecule has 1 aromatic carbocycles. The number of nitrogens with one attached hydrogen (secondary N) is 1. The molecule has 2 heterocycles. The first-order chi connectivity index (χ1) is 12.1. The van der Waals surface area contributed by atoms with Crippen molar-refractivity contribution in [2.45, 2.75) is 6.54 Å². The molecule has 0 saturated heterocycles. The summed E-state index contributed by atoms with van der Waals surface area (Å²) in [7, 11) is 1.46. The Balaban J connectivity index is 1.95. The number of ether oxygens (including phenoxy) is 1. The molecule has 128 valence electrons. The van der Waals surface area contributed by atoms with Crippen LogP contribution >= 0.6 is 0 Å². The molecule has 0 fully saturated rings. The first kappa shape index (κ1) is 16.3. The first-order valence-corrected chi connectivity index (χ1v) is 7.37. The number of rotatable bonds is 5. The van der Waals surface area contributed by atoms with E-state index in [2.05, 4.69) is 10.4 Å². The number of furan rings is 1. The Morgan fingerprint density at radius 1 is 1.32 bits per heavy atom. The van der Waals surface area contributed by atoms with Gasteiger partial charge in [-0.15, -0.1) is 0 Å². The first-order valence-electron chi connectivity index (χ1n) is 7.37. The van der Waals surface area contributed by atoms with Crippen LogP contribution in [0.25, 0.3) is 5.69 Å². The molecular formula is C17H15N3O5. The zero-order valence-corrected chi connectivity index (χ0v) is 13.3. The van der Waals surface area contributed by atoms with Gasteiger partial charge in [0.15, 0.2) is 11.4 Å². The Kier molecular flexibility index (Phi) is 4.51. The SMILES string of the molecule is COc1ccccc1-n1nc(C(=O)NCc2ccco2)c(O)cc1=O. The van der Waals surface area contributed by atoms with E-state index < -0.39 is 17.2 Å². The molecule has 1 amide bonds. The van der Waals surface area contributed by atoms with Crippen LogP contribution in [0.15, 0.2) is 57.9 Å². The van der Waals surface area contributed by atoms with Gasteiger partial charge >= 0.3 is 0 Å². The predicted molar refractivity (Wildman–Crippen MR) is 87.9 cm³/mol. The van der Waals surface area contributed by atoms with Gasteiger partial charge in [0, 0.05) is 6.07 Å². The summed E-state index contributed by atoms with van der Waals surface area (Å²) < 4.78 is 11.3. The van der Waals surface area contributed by atoms with Crippen molar-refractivity contribution in [1.29, 1.82) is 0 Å². The van der Waals surface area contributed by atoms with Gasteiger partial charge in [0.25, 0.3) is 11.5 Å². The number of para-hydroxylation sites is 2. The Morgan fingerprint density at radius 2 is 2.12 bits per heavy atom. The quantitative estimate of drug-likeness (QED) is 0.728. The molecule has 25 heavy (non-hydrogen) atoms. The molecule has 0 aliphatic rings. The summed E-state index contributed by atoms with van der Waals surface area (Å²) in [6.45, 7) is 0.126. The number of methoxy groups -OCH3 is 1. The Bertz CT molecular complexity index is 947. The number of nitrogens with zero attached hydrogens (tertiary/aromatic N) is 2. The fraction of sp³-hybridized carbons (Fsp3) is 0.118. The van der Waals surface area contributed by atoms with E-state index in [1.165, 1.54) is 13.4 Å². The molecule has 0 radical (unpaired) electrons. The zero-order valence-electron chi connectivity index (χ0n) is 13.3. The molecule has 0 aliphatic heterocycles. The van der Waals surface area contributed by atoms with E-state index >= 15 is 0 Å². The molecule has 0 saturated carbocycles. The van der Waals surface area contributed by atoms with Crippen molar-refractivity contribution in [1.82, 2.24) is 15.1 Å². The lowest BCUT2D eigenvalue weighted by Gasteiger charge is -2.11. The number of benzene rings is 1. The second kappa shape index (κ2) is 6.91. The minimum absolute atomic E-state index is 0.126. The van der Waals surface area contributed by atoms with Gasteiger partial charge in [0.05, 0.1) is 19.9 Å². The summed E-state index contributed by atoms with van der Waals surface area (Å²) in [6.07, 6.45) is 1.49. The van der Waals surface area contributed by atoms with Crippen molar-refractivity contribution in [2.75, 3.05) is 7.11 Å². The number of hydrogen-bond donors (Lipinski definition) is 2. The molecule has 3 rings (SSSR count). The zero-order chi connectivity index (χ0) is 17.8. The highest BCUT2D eigenvalue weighted by Crippen LogP contribution is 2.21. The second-order valence-electron chi connectivity index (χ2n) is 5.06. The molecule has 0 spiro atoms. The molecule has 0 aliphatic carbocycles. The van der Waals surface area contributed by atoms with E-state index in [-0.39, 0.29) is 12.2 Å². The Hall–Kier alpha value is -3.55. The lowest BCUT2D eigenvalue weighted by Crippen LogP contribution is -2.29. The summed E-state index contributed by atoms with van der Waals surface area (Å²) in [6, 6.07) is 11.0. The molecule has 2 N–H and O–H groups in total. The summed E-state index contributed by atoms with van der Waals surface area (Å²) in [5.74, 6) is -0.193. The van der Waals surface area contributed by atoms with E-state index in [4.69, 9.17) is 9.15 Å². The van der Waals surface area contributed by atoms with Gasteiger partial charge in [-0.25, -0.2) is 0 Å². The lowest BCUT2D eigenvalue weighted by molar-refractivity contribution is 0.0938. The molecule has 0 atom stereocenters. The number of amides is 1. The van der Waals surface area contributed by atoms with Crippen molar-refractivity contribution in [2.24, 2.45) is 0 Å². The number of carbonyl (C=O) groups excluding carboxylic acids is 1. The third-order valence-corrected chi connectivity index (χ3v) is 3.44. The molecule has 3 aromatic rings. The largest absolute Gasteiger partial charge is 0.505 e. The van der Waals surface area contributed by atoms with E-state index in [1.54, 1.807) is 36.4 Å². The standard InChI is InChI=1S/C17H15N3O5/c1-24-14-7-3-2-6-12(14)20-15(22)9-13(21)16(19-20)17(23)18-10-11-5-4-8-25-11/h2-9,21H,10H2,1H3,(H,18,23). The smallest absolute Gasteiger partial charge is 0.275 e. The van der Waals surface area contributed by atoms with E-state index in [9.17, 15) is 14.7 Å². The molecular weight excluding hydrogens is 326 g/mol. The van der Waals surface area contributed by atoms with Crippen molar-refractivity contribution in [3.63, 3.8) is 0 Å². The number of aromatic hydroxyl groups is 1. The van der Waals surface area contributed by atoms with E-state index in [0.29, 0.717) is 17.2 Å². The minimum atomic E-state index is -0.641. The highest BCUT2D eigenvalue weighted by molar-refractivity contribution is 5.94. The Labute approximate surface area is 142 Å². The van der Waals surface area contributed by atoms with Gasteiger partial charge in [0.1, 0.15) is 17.2 Å². The normalized spacial score (nSPS) is 10.4. The summed E-state index contributed by atoms with van der Waals surface area (Å²) in [5, 5.41) is 16.5. The third kappa shape index (κ3) is 3.37. The van der Waals surface area contributed by atoms with Crippen LogP contribution in [0, 0.1) is 0 Å². The maximum absolute atomic E-state index is 12.3. The van der Waals surface area contributed by atoms with Crippen molar-refractivity contribution < 1.29 is 19.1 Å². The second-order valence-corrected chi connectivity index (χ2v) is 5.06. The lowest BCUT2D eigenvalue weighted by atomic mass is 10.3. The maximum Gasteiger partial charge on any atom is 0.275 e. The monoisotopic (exact) mass is 341 g/mol. The number of carbonyl (C=O) groups is 1. The summed E-state index contributed by atoms with van der Waals surface area (Å²) in [4.78, 5) is 24.5. The fourth-order valence-electron chi connectivity index (χ4n) is 2.25. The molecule has 8 nitrogen and oxygen atoms in total.